The number of carbonyl (C=O) groups is 1. The van der Waals surface area contributed by atoms with Gasteiger partial charge in [-0.05, 0) is 50.9 Å². The topological polar surface area (TPSA) is 20.3 Å². The van der Waals surface area contributed by atoms with Crippen LogP contribution in [0.4, 0.5) is 0 Å². The number of nitrogens with zero attached hydrogens (tertiary/aromatic N) is 1. The second-order valence-corrected chi connectivity index (χ2v) is 6.66. The summed E-state index contributed by atoms with van der Waals surface area (Å²) in [5.41, 5.74) is 0. The normalized spacial score (nSPS) is 44.2. The number of Topliss-reactive ketones (excluding diaryl/α,β-unsaturated/α-hetero) is 1. The fourth-order valence-corrected chi connectivity index (χ4v) is 4.76. The lowest BCUT2D eigenvalue weighted by Crippen LogP contribution is -2.49. The van der Waals surface area contributed by atoms with Crippen LogP contribution in [0.25, 0.3) is 0 Å². The van der Waals surface area contributed by atoms with E-state index in [-0.39, 0.29) is 0 Å². The van der Waals surface area contributed by atoms with Crippen molar-refractivity contribution in [3.8, 4) is 0 Å². The van der Waals surface area contributed by atoms with Gasteiger partial charge in [-0.15, -0.1) is 0 Å². The fourth-order valence-electron chi connectivity index (χ4n) is 4.76. The summed E-state index contributed by atoms with van der Waals surface area (Å²) in [5, 5.41) is 0. The van der Waals surface area contributed by atoms with Crippen LogP contribution in [0.15, 0.2) is 0 Å². The molecule has 0 aromatic carbocycles. The molecule has 0 spiro atoms. The maximum absolute atomic E-state index is 11.5. The Morgan fingerprint density at radius 2 is 2.12 bits per heavy atom. The first-order chi connectivity index (χ1) is 8.15. The Bertz CT molecular complexity index is 314. The number of hydrogen-bond acceptors (Lipinski definition) is 2. The van der Waals surface area contributed by atoms with Crippen LogP contribution in [0.3, 0.4) is 0 Å². The standard InChI is InChI=1S/C15H25NO/c1-10-7-14(17)5-6-16(10)11(2)15-9-12-3-4-13(15)8-12/h10-13,15H,3-9H2,1-2H3. The van der Waals surface area contributed by atoms with Gasteiger partial charge in [-0.3, -0.25) is 9.69 Å². The number of piperidine rings is 1. The monoisotopic (exact) mass is 235 g/mol. The van der Waals surface area contributed by atoms with Crippen molar-refractivity contribution < 1.29 is 4.79 Å². The van der Waals surface area contributed by atoms with Crippen LogP contribution in [0.5, 0.6) is 0 Å². The molecule has 17 heavy (non-hydrogen) atoms. The predicted molar refractivity (Wildman–Crippen MR) is 68.8 cm³/mol. The zero-order valence-corrected chi connectivity index (χ0v) is 11.2. The van der Waals surface area contributed by atoms with Crippen LogP contribution < -0.4 is 0 Å². The summed E-state index contributed by atoms with van der Waals surface area (Å²) >= 11 is 0. The first kappa shape index (κ1) is 11.7. The summed E-state index contributed by atoms with van der Waals surface area (Å²) in [5.74, 6) is 3.42. The molecule has 1 heterocycles. The van der Waals surface area contributed by atoms with Crippen molar-refractivity contribution in [2.24, 2.45) is 17.8 Å². The molecule has 96 valence electrons. The van der Waals surface area contributed by atoms with Gasteiger partial charge in [-0.25, -0.2) is 0 Å². The number of hydrogen-bond donors (Lipinski definition) is 0. The van der Waals surface area contributed by atoms with Gasteiger partial charge in [0.15, 0.2) is 0 Å². The molecule has 2 nitrogen and oxygen atoms in total. The smallest absolute Gasteiger partial charge is 0.135 e. The Balaban J connectivity index is 1.65. The fraction of sp³-hybridized carbons (Fsp3) is 0.933. The first-order valence-corrected chi connectivity index (χ1v) is 7.42. The predicted octanol–water partition coefficient (Wildman–Crippen LogP) is 2.86. The van der Waals surface area contributed by atoms with E-state index < -0.39 is 0 Å². The number of fused-ring (bicyclic) bond motifs is 2. The van der Waals surface area contributed by atoms with Gasteiger partial charge in [0, 0.05) is 31.5 Å². The molecule has 0 amide bonds. The van der Waals surface area contributed by atoms with Crippen molar-refractivity contribution in [1.82, 2.24) is 4.90 Å². The molecule has 1 saturated heterocycles. The molecule has 5 atom stereocenters. The Morgan fingerprint density at radius 1 is 1.29 bits per heavy atom. The minimum atomic E-state index is 0.467. The van der Waals surface area contributed by atoms with E-state index in [2.05, 4.69) is 18.7 Å². The first-order valence-electron chi connectivity index (χ1n) is 7.42. The van der Waals surface area contributed by atoms with Crippen molar-refractivity contribution in [2.75, 3.05) is 6.54 Å². The summed E-state index contributed by atoms with van der Waals surface area (Å²) in [4.78, 5) is 14.1. The molecule has 3 rings (SSSR count). The van der Waals surface area contributed by atoms with Crippen molar-refractivity contribution in [1.29, 1.82) is 0 Å². The van der Waals surface area contributed by atoms with Gasteiger partial charge in [0.2, 0.25) is 0 Å². The van der Waals surface area contributed by atoms with Crippen LogP contribution >= 0.6 is 0 Å². The number of carbonyl (C=O) groups excluding carboxylic acids is 1. The van der Waals surface area contributed by atoms with Crippen LogP contribution in [0.2, 0.25) is 0 Å². The molecular weight excluding hydrogens is 210 g/mol. The van der Waals surface area contributed by atoms with Crippen molar-refractivity contribution >= 4 is 5.78 Å². The lowest BCUT2D eigenvalue weighted by molar-refractivity contribution is -0.124. The second kappa shape index (κ2) is 4.38. The highest BCUT2D eigenvalue weighted by Gasteiger charge is 2.44. The van der Waals surface area contributed by atoms with Gasteiger partial charge in [0.1, 0.15) is 5.78 Å². The molecule has 1 aliphatic heterocycles. The Hall–Kier alpha value is -0.370. The van der Waals surface area contributed by atoms with E-state index in [4.69, 9.17) is 0 Å². The van der Waals surface area contributed by atoms with Crippen molar-refractivity contribution in [2.45, 2.75) is 64.5 Å². The van der Waals surface area contributed by atoms with E-state index in [1.165, 1.54) is 25.7 Å². The number of likely N-dealkylation sites (tertiary alicyclic amines) is 1. The van der Waals surface area contributed by atoms with E-state index in [0.717, 1.165) is 37.1 Å². The molecule has 0 aromatic rings. The third kappa shape index (κ3) is 2.05. The number of ketones is 1. The zero-order chi connectivity index (χ0) is 12.0. The van der Waals surface area contributed by atoms with Crippen molar-refractivity contribution in [3.05, 3.63) is 0 Å². The maximum atomic E-state index is 11.5. The van der Waals surface area contributed by atoms with Gasteiger partial charge >= 0.3 is 0 Å². The molecule has 3 fully saturated rings. The Labute approximate surface area is 105 Å². The summed E-state index contributed by atoms with van der Waals surface area (Å²) in [6.07, 6.45) is 7.49. The molecule has 0 N–H and O–H groups in total. The molecule has 2 heteroatoms. The molecule has 3 aliphatic rings. The summed E-state index contributed by atoms with van der Waals surface area (Å²) in [6, 6.07) is 1.18. The van der Waals surface area contributed by atoms with Crippen LogP contribution in [0, 0.1) is 17.8 Å². The molecule has 0 radical (unpaired) electrons. The average molecular weight is 235 g/mol. The SMILES string of the molecule is CC1CC(=O)CCN1C(C)C1CC2CCC1C2. The quantitative estimate of drug-likeness (QED) is 0.733. The molecule has 5 unspecified atom stereocenters. The van der Waals surface area contributed by atoms with E-state index in [0.29, 0.717) is 17.9 Å². The zero-order valence-electron chi connectivity index (χ0n) is 11.2. The second-order valence-electron chi connectivity index (χ2n) is 6.66. The third-order valence-electron chi connectivity index (χ3n) is 5.67. The molecule has 2 aliphatic carbocycles. The largest absolute Gasteiger partial charge is 0.300 e. The summed E-state index contributed by atoms with van der Waals surface area (Å²) < 4.78 is 0. The Kier molecular flexibility index (Phi) is 3.02. The summed E-state index contributed by atoms with van der Waals surface area (Å²) in [6.45, 7) is 5.66. The Morgan fingerprint density at radius 3 is 2.71 bits per heavy atom. The van der Waals surface area contributed by atoms with Gasteiger partial charge in [0.05, 0.1) is 0 Å². The van der Waals surface area contributed by atoms with E-state index in [1.54, 1.807) is 0 Å². The lowest BCUT2D eigenvalue weighted by atomic mass is 9.82. The van der Waals surface area contributed by atoms with Gasteiger partial charge < -0.3 is 0 Å². The van der Waals surface area contributed by atoms with Crippen LogP contribution in [-0.2, 0) is 4.79 Å². The van der Waals surface area contributed by atoms with Crippen molar-refractivity contribution in [3.63, 3.8) is 0 Å². The highest BCUT2D eigenvalue weighted by atomic mass is 16.1. The third-order valence-corrected chi connectivity index (χ3v) is 5.67. The van der Waals surface area contributed by atoms with E-state index in [9.17, 15) is 4.79 Å². The maximum Gasteiger partial charge on any atom is 0.135 e. The molecule has 0 aromatic heterocycles. The highest BCUT2D eigenvalue weighted by molar-refractivity contribution is 5.79. The van der Waals surface area contributed by atoms with Gasteiger partial charge in [-0.2, -0.15) is 0 Å². The molecule has 2 bridgehead atoms. The summed E-state index contributed by atoms with van der Waals surface area (Å²) in [7, 11) is 0. The molecule has 2 saturated carbocycles. The lowest BCUT2D eigenvalue weighted by Gasteiger charge is -2.42. The highest BCUT2D eigenvalue weighted by Crippen LogP contribution is 2.50. The van der Waals surface area contributed by atoms with E-state index >= 15 is 0 Å². The minimum Gasteiger partial charge on any atom is -0.300 e. The van der Waals surface area contributed by atoms with Crippen LogP contribution in [0.1, 0.15) is 52.4 Å². The average Bonchev–Trinajstić information content (AvgIpc) is 2.89. The van der Waals surface area contributed by atoms with Gasteiger partial charge in [0.25, 0.3) is 0 Å². The van der Waals surface area contributed by atoms with E-state index in [1.807, 2.05) is 0 Å². The number of rotatable bonds is 2. The van der Waals surface area contributed by atoms with Gasteiger partial charge in [-0.1, -0.05) is 6.42 Å². The minimum absolute atomic E-state index is 0.467. The van der Waals surface area contributed by atoms with Crippen LogP contribution in [-0.4, -0.2) is 29.3 Å². The molecular formula is C15H25NO.